The van der Waals surface area contributed by atoms with E-state index in [1.165, 1.54) is 0 Å². The van der Waals surface area contributed by atoms with Crippen molar-refractivity contribution >= 4 is 42.2 Å². The number of unbranched alkanes of at least 4 members (excludes halogenated alkanes) is 12. The Hall–Kier alpha value is -5.03. The summed E-state index contributed by atoms with van der Waals surface area (Å²) in [6.07, 6.45) is -28.4. The van der Waals surface area contributed by atoms with E-state index >= 15 is 0 Å². The number of nitro benzene ring substituents is 1. The van der Waals surface area contributed by atoms with Crippen LogP contribution in [0.1, 0.15) is 116 Å². The quantitative estimate of drug-likeness (QED) is 0.00821. The van der Waals surface area contributed by atoms with Gasteiger partial charge in [-0.2, -0.15) is 119 Å². The normalized spacial score (nSPS) is 15.5. The van der Waals surface area contributed by atoms with E-state index in [1.54, 1.807) is 0 Å². The number of aromatic nitrogens is 2. The molecule has 1 heterocycles. The van der Waals surface area contributed by atoms with Gasteiger partial charge in [-0.1, -0.05) is 64.2 Å². The van der Waals surface area contributed by atoms with Gasteiger partial charge in [0.15, 0.2) is 11.6 Å². The molecule has 0 aliphatic carbocycles. The fraction of sp³-hybridized carbons (Fsp3) is 0.814. The number of ether oxygens (including phenoxy) is 2. The second-order valence-electron chi connectivity index (χ2n) is 18.9. The third-order valence-electron chi connectivity index (χ3n) is 12.2. The van der Waals surface area contributed by atoms with Crippen molar-refractivity contribution in [2.24, 2.45) is 0 Å². The molecule has 0 amide bonds. The molecule has 3 N–H and O–H groups in total. The van der Waals surface area contributed by atoms with Gasteiger partial charge in [0.25, 0.3) is 0 Å². The van der Waals surface area contributed by atoms with Gasteiger partial charge >= 0.3 is 97.0 Å². The Morgan fingerprint density at radius 3 is 1.34 bits per heavy atom. The number of aliphatic hydroxyl groups excluding tert-OH is 1. The van der Waals surface area contributed by atoms with Crippen LogP contribution in [0.5, 0.6) is 0 Å². The first-order chi connectivity index (χ1) is 39.3. The number of nitrogens with zero attached hydrogens (tertiary/aromatic N) is 3. The number of benzene rings is 1. The smallest absolute Gasteiger partial charge is 0.462 e. The molecule has 0 aliphatic heterocycles. The van der Waals surface area contributed by atoms with Gasteiger partial charge in [-0.3, -0.25) is 24.2 Å². The molecular formula is C43H49F26N4O13P. The number of nitrogens with one attached hydrogen (secondary N) is 1. The predicted molar refractivity (Wildman–Crippen MR) is 236 cm³/mol. The second-order valence-corrected chi connectivity index (χ2v) is 20.2. The first kappa shape index (κ1) is 78.1. The highest BCUT2D eigenvalue weighted by Gasteiger charge is 2.92. The minimum absolute atomic E-state index is 0.00500. The zero-order chi connectivity index (χ0) is 67.3. The highest BCUT2D eigenvalue weighted by atomic mass is 31.2. The van der Waals surface area contributed by atoms with Crippen molar-refractivity contribution in [1.29, 1.82) is 0 Å². The van der Waals surface area contributed by atoms with Crippen molar-refractivity contribution < 1.29 is 171 Å². The number of non-ortho nitro benzene ring substituents is 1. The fourth-order valence-electron chi connectivity index (χ4n) is 7.22. The van der Waals surface area contributed by atoms with Crippen molar-refractivity contribution in [3.05, 3.63) is 22.2 Å². The number of esters is 2. The third kappa shape index (κ3) is 18.8. The number of hydrogen-bond acceptors (Lipinski definition) is 15. The molecule has 87 heavy (non-hydrogen) atoms. The molecule has 0 bridgehead atoms. The van der Waals surface area contributed by atoms with E-state index in [9.17, 15) is 148 Å². The number of phosphoric ester groups is 1. The molecular weight excluding hydrogens is 1310 g/mol. The summed E-state index contributed by atoms with van der Waals surface area (Å²) in [6.45, 7) is -2.86. The van der Waals surface area contributed by atoms with Crippen LogP contribution >= 0.6 is 7.82 Å². The molecule has 2 rings (SSSR count). The minimum Gasteiger partial charge on any atom is -0.462 e. The maximum absolute atomic E-state index is 14.1. The molecule has 2 aromatic rings. The van der Waals surface area contributed by atoms with E-state index in [4.69, 9.17) is 9.47 Å². The lowest BCUT2D eigenvalue weighted by Gasteiger charge is -2.39. The zero-order valence-corrected chi connectivity index (χ0v) is 44.6. The maximum Gasteiger partial charge on any atom is 0.499 e. The van der Waals surface area contributed by atoms with Crippen molar-refractivity contribution in [3.63, 3.8) is 0 Å². The Morgan fingerprint density at radius 1 is 0.552 bits per heavy atom. The summed E-state index contributed by atoms with van der Waals surface area (Å²) in [5.74, 6) is -77.2. The second kappa shape index (κ2) is 29.7. The van der Waals surface area contributed by atoms with Gasteiger partial charge in [-0.05, 0) is 42.1 Å². The highest BCUT2D eigenvalue weighted by Crippen LogP contribution is 2.63. The SMILES string of the molecule is O=C(CCCCCCCCCC(F)(F)C(F)(F)C(F)(F)C(F)(F)C(F)(F)C(F)(F)F)OC[C@H](COP(=O)(O)OOC(O)CNc1ccc([N+](=O)[O-])c2nonc12)OC(=O)CCCCCCCCCC(F)(F)C(F)(F)C(F)(F)C(F)(F)C(F)(F)C(F)(F)F. The monoisotopic (exact) mass is 1350 g/mol. The Morgan fingerprint density at radius 2 is 0.931 bits per heavy atom. The van der Waals surface area contributed by atoms with Crippen molar-refractivity contribution in [2.75, 3.05) is 25.1 Å². The van der Waals surface area contributed by atoms with Crippen LogP contribution in [-0.2, 0) is 37.7 Å². The molecule has 1 aromatic carbocycles. The molecule has 0 spiro atoms. The van der Waals surface area contributed by atoms with Crippen LogP contribution in [0.25, 0.3) is 11.0 Å². The number of carbonyl (C=O) groups is 2. The molecule has 506 valence electrons. The standard InChI is InChI=1S/C43H49F26N4O13P/c44-32(45,34(48,49)36(52,53)38(56,57)40(60,61)42(64,65)66)19-13-9-5-1-3-7-11-15-27(74)81-22-24(23-82-87(79,80)86-84-29(76)21-70-25-17-18-26(73(77)78)31-30(25)71-85-72-31)83-28(75)16-12-8-4-2-6-10-14-20-33(46,47)35(50,51)37(54,55)39(58,59)41(62,63)43(67,68)69/h17-18,24,29,70,76H,1-16,19-23H2,(H,79,80)/t24-,29?/m1/s1. The summed E-state index contributed by atoms with van der Waals surface area (Å²) in [6, 6.07) is 2.07. The molecule has 0 saturated carbocycles. The van der Waals surface area contributed by atoms with E-state index in [1.807, 2.05) is 0 Å². The summed E-state index contributed by atoms with van der Waals surface area (Å²) < 4.78 is 383. The number of aliphatic hydroxyl groups is 1. The third-order valence-corrected chi connectivity index (χ3v) is 12.9. The molecule has 0 saturated heterocycles. The van der Waals surface area contributed by atoms with Gasteiger partial charge in [-0.25, -0.2) is 9.19 Å². The van der Waals surface area contributed by atoms with E-state index < -0.39 is 185 Å². The van der Waals surface area contributed by atoms with Crippen LogP contribution in [0, 0.1) is 10.1 Å². The number of phosphoric acid groups is 1. The summed E-state index contributed by atoms with van der Waals surface area (Å²) >= 11 is 0. The van der Waals surface area contributed by atoms with Crippen LogP contribution in [0.15, 0.2) is 16.8 Å². The average Bonchev–Trinajstić information content (AvgIpc) is 1.10. The number of halogens is 26. The van der Waals surface area contributed by atoms with Crippen molar-refractivity contribution in [2.45, 2.75) is 200 Å². The summed E-state index contributed by atoms with van der Waals surface area (Å²) in [4.78, 5) is 50.1. The van der Waals surface area contributed by atoms with E-state index in [-0.39, 0.29) is 80.9 Å². The van der Waals surface area contributed by atoms with Gasteiger partial charge in [0.05, 0.1) is 23.8 Å². The van der Waals surface area contributed by atoms with Crippen molar-refractivity contribution in [1.82, 2.24) is 10.3 Å². The largest absolute Gasteiger partial charge is 0.499 e. The van der Waals surface area contributed by atoms with Gasteiger partial charge in [0.1, 0.15) is 6.61 Å². The highest BCUT2D eigenvalue weighted by molar-refractivity contribution is 7.47. The van der Waals surface area contributed by atoms with Crippen LogP contribution in [0.4, 0.5) is 126 Å². The number of hydrogen-bond donors (Lipinski definition) is 3. The Balaban J connectivity index is 1.94. The molecule has 3 atom stereocenters. The van der Waals surface area contributed by atoms with Gasteiger partial charge in [-0.15, -0.1) is 4.67 Å². The number of anilines is 1. The lowest BCUT2D eigenvalue weighted by molar-refractivity contribution is -0.440. The van der Waals surface area contributed by atoms with Crippen molar-refractivity contribution in [3.8, 4) is 0 Å². The fourth-order valence-corrected chi connectivity index (χ4v) is 7.82. The summed E-state index contributed by atoms with van der Waals surface area (Å²) in [5.41, 5.74) is -1.11. The molecule has 0 aliphatic rings. The maximum atomic E-state index is 14.1. The number of alkyl halides is 26. The summed E-state index contributed by atoms with van der Waals surface area (Å²) in [7, 11) is -5.44. The van der Waals surface area contributed by atoms with Gasteiger partial charge in [0.2, 0.25) is 11.8 Å². The average molecular weight is 1350 g/mol. The van der Waals surface area contributed by atoms with Gasteiger partial charge < -0.3 is 24.8 Å². The number of rotatable bonds is 41. The van der Waals surface area contributed by atoms with Crippen LogP contribution < -0.4 is 5.32 Å². The van der Waals surface area contributed by atoms with E-state index in [0.717, 1.165) is 12.1 Å². The molecule has 0 radical (unpaired) electrons. The number of carbonyl (C=O) groups excluding carboxylic acids is 2. The Kier molecular flexibility index (Phi) is 26.7. The topological polar surface area (TPSA) is 232 Å². The number of nitro groups is 1. The molecule has 2 unspecified atom stereocenters. The van der Waals surface area contributed by atoms with Crippen LogP contribution in [0.3, 0.4) is 0 Å². The van der Waals surface area contributed by atoms with E-state index in [0.29, 0.717) is 0 Å². The lowest BCUT2D eigenvalue weighted by Crippen LogP contribution is -2.70. The molecule has 44 heteroatoms. The first-order valence-electron chi connectivity index (χ1n) is 24.8. The van der Waals surface area contributed by atoms with Crippen LogP contribution in [0.2, 0.25) is 0 Å². The summed E-state index contributed by atoms with van der Waals surface area (Å²) in [5, 5.41) is 30.6. The van der Waals surface area contributed by atoms with E-state index in [2.05, 4.69) is 34.3 Å². The minimum atomic E-state index is -8.04. The molecule has 17 nitrogen and oxygen atoms in total. The van der Waals surface area contributed by atoms with Gasteiger partial charge in [0, 0.05) is 31.7 Å². The van der Waals surface area contributed by atoms with Crippen LogP contribution in [-0.4, -0.2) is 141 Å². The Labute approximate surface area is 470 Å². The molecule has 0 fully saturated rings. The predicted octanol–water partition coefficient (Wildman–Crippen LogP) is 14.9. The zero-order valence-electron chi connectivity index (χ0n) is 43.7. The molecule has 1 aromatic heterocycles. The first-order valence-corrected chi connectivity index (χ1v) is 26.3. The number of fused-ring (bicyclic) bond motifs is 1. The lowest BCUT2D eigenvalue weighted by atomic mass is 9.91. The Bertz CT molecular complexity index is 2590.